The van der Waals surface area contributed by atoms with Gasteiger partial charge < -0.3 is 19.9 Å². The first-order chi connectivity index (χ1) is 14.2. The molecule has 4 rings (SSSR count). The summed E-state index contributed by atoms with van der Waals surface area (Å²) in [5.41, 5.74) is 2.93. The minimum absolute atomic E-state index is 0.0786. The number of carbonyl (C=O) groups excluding carboxylic acids is 1. The molecule has 2 aromatic carbocycles. The molecule has 2 aliphatic heterocycles. The summed E-state index contributed by atoms with van der Waals surface area (Å²) in [6.07, 6.45) is 5.66. The maximum atomic E-state index is 13.0. The summed E-state index contributed by atoms with van der Waals surface area (Å²) in [4.78, 5) is 17.2. The minimum Gasteiger partial charge on any atom is -0.497 e. The average molecular weight is 414 g/mol. The summed E-state index contributed by atoms with van der Waals surface area (Å²) in [6, 6.07) is 13.8. The number of anilines is 2. The summed E-state index contributed by atoms with van der Waals surface area (Å²) < 4.78 is 5.24. The lowest BCUT2D eigenvalue weighted by atomic mass is 10.0. The van der Waals surface area contributed by atoms with Crippen LogP contribution >= 0.6 is 11.6 Å². The van der Waals surface area contributed by atoms with Gasteiger partial charge in [-0.25, -0.2) is 4.79 Å². The van der Waals surface area contributed by atoms with Crippen LogP contribution in [-0.4, -0.2) is 37.7 Å². The fraction of sp³-hybridized carbons (Fsp3) is 0.435. The van der Waals surface area contributed by atoms with Crippen LogP contribution in [-0.2, 0) is 0 Å². The molecule has 2 aromatic rings. The van der Waals surface area contributed by atoms with Crippen LogP contribution in [0.5, 0.6) is 5.75 Å². The van der Waals surface area contributed by atoms with Gasteiger partial charge in [0.15, 0.2) is 0 Å². The van der Waals surface area contributed by atoms with Crippen LogP contribution in [0.2, 0.25) is 5.02 Å². The quantitative estimate of drug-likeness (QED) is 0.698. The van der Waals surface area contributed by atoms with E-state index in [1.807, 2.05) is 47.4 Å². The number of benzene rings is 2. The molecule has 0 bridgehead atoms. The Bertz CT molecular complexity index is 850. The second kappa shape index (κ2) is 8.95. The molecule has 2 aliphatic rings. The minimum atomic E-state index is -0.0786. The van der Waals surface area contributed by atoms with Crippen molar-refractivity contribution in [3.05, 3.63) is 53.1 Å². The van der Waals surface area contributed by atoms with E-state index < -0.39 is 0 Å². The van der Waals surface area contributed by atoms with Gasteiger partial charge in [-0.3, -0.25) is 0 Å². The number of piperidine rings is 1. The van der Waals surface area contributed by atoms with E-state index in [2.05, 4.69) is 10.2 Å². The maximum absolute atomic E-state index is 13.0. The number of ether oxygens (including phenoxy) is 1. The van der Waals surface area contributed by atoms with E-state index in [0.29, 0.717) is 5.02 Å². The van der Waals surface area contributed by atoms with Crippen molar-refractivity contribution in [2.75, 3.05) is 37.0 Å². The Hall–Kier alpha value is -2.40. The zero-order valence-electron chi connectivity index (χ0n) is 16.9. The molecule has 2 heterocycles. The van der Waals surface area contributed by atoms with Crippen LogP contribution in [0, 0.1) is 0 Å². The van der Waals surface area contributed by atoms with Gasteiger partial charge in [0, 0.05) is 25.3 Å². The highest BCUT2D eigenvalue weighted by molar-refractivity contribution is 6.33. The fourth-order valence-electron chi connectivity index (χ4n) is 4.35. The number of likely N-dealkylation sites (tertiary alicyclic amines) is 1. The molecule has 1 atom stereocenters. The van der Waals surface area contributed by atoms with Crippen LogP contribution in [0.4, 0.5) is 16.2 Å². The Morgan fingerprint density at radius 1 is 1.03 bits per heavy atom. The lowest BCUT2D eigenvalue weighted by Crippen LogP contribution is -2.34. The van der Waals surface area contributed by atoms with Crippen molar-refractivity contribution in [3.63, 3.8) is 0 Å². The molecule has 2 fully saturated rings. The summed E-state index contributed by atoms with van der Waals surface area (Å²) in [5.74, 6) is 0.825. The van der Waals surface area contributed by atoms with Crippen molar-refractivity contribution < 1.29 is 9.53 Å². The zero-order valence-corrected chi connectivity index (χ0v) is 17.6. The van der Waals surface area contributed by atoms with Crippen LogP contribution < -0.4 is 15.0 Å². The van der Waals surface area contributed by atoms with Gasteiger partial charge in [0.05, 0.1) is 23.9 Å². The zero-order chi connectivity index (χ0) is 20.2. The predicted octanol–water partition coefficient (Wildman–Crippen LogP) is 5.71. The van der Waals surface area contributed by atoms with Crippen LogP contribution in [0.1, 0.15) is 43.7 Å². The number of hydrogen-bond acceptors (Lipinski definition) is 3. The largest absolute Gasteiger partial charge is 0.497 e. The van der Waals surface area contributed by atoms with Crippen LogP contribution in [0.15, 0.2) is 42.5 Å². The Balaban J connectivity index is 1.44. The van der Waals surface area contributed by atoms with E-state index in [1.54, 1.807) is 7.11 Å². The van der Waals surface area contributed by atoms with Gasteiger partial charge in [-0.05, 0) is 68.0 Å². The topological polar surface area (TPSA) is 44.8 Å². The molecule has 0 spiro atoms. The number of hydrogen-bond donors (Lipinski definition) is 1. The molecule has 154 valence electrons. The number of rotatable bonds is 4. The van der Waals surface area contributed by atoms with Gasteiger partial charge in [0.2, 0.25) is 0 Å². The molecule has 6 heteroatoms. The van der Waals surface area contributed by atoms with E-state index in [1.165, 1.54) is 19.3 Å². The van der Waals surface area contributed by atoms with Gasteiger partial charge >= 0.3 is 6.03 Å². The van der Waals surface area contributed by atoms with Crippen molar-refractivity contribution >= 4 is 29.0 Å². The lowest BCUT2D eigenvalue weighted by molar-refractivity contribution is 0.207. The summed E-state index contributed by atoms with van der Waals surface area (Å²) in [6.45, 7) is 2.84. The van der Waals surface area contributed by atoms with Gasteiger partial charge in [0.25, 0.3) is 0 Å². The monoisotopic (exact) mass is 413 g/mol. The Labute approximate surface area is 177 Å². The number of nitrogens with one attached hydrogen (secondary N) is 1. The van der Waals surface area contributed by atoms with E-state index in [4.69, 9.17) is 16.3 Å². The second-order valence-electron chi connectivity index (χ2n) is 7.77. The number of urea groups is 1. The highest BCUT2D eigenvalue weighted by atomic mass is 35.5. The summed E-state index contributed by atoms with van der Waals surface area (Å²) >= 11 is 6.54. The second-order valence-corrected chi connectivity index (χ2v) is 8.18. The van der Waals surface area contributed by atoms with Crippen molar-refractivity contribution in [2.24, 2.45) is 0 Å². The molecule has 1 unspecified atom stereocenters. The van der Waals surface area contributed by atoms with Gasteiger partial charge in [-0.1, -0.05) is 23.7 Å². The number of amides is 2. The van der Waals surface area contributed by atoms with E-state index in [0.717, 1.165) is 55.2 Å². The van der Waals surface area contributed by atoms with E-state index >= 15 is 0 Å². The smallest absolute Gasteiger partial charge is 0.322 e. The number of methoxy groups -OCH3 is 1. The maximum Gasteiger partial charge on any atom is 0.322 e. The van der Waals surface area contributed by atoms with Gasteiger partial charge in [-0.15, -0.1) is 0 Å². The molecule has 0 aliphatic carbocycles. The third kappa shape index (κ3) is 4.45. The molecule has 0 saturated carbocycles. The van der Waals surface area contributed by atoms with Gasteiger partial charge in [0.1, 0.15) is 5.75 Å². The van der Waals surface area contributed by atoms with Crippen molar-refractivity contribution in [1.29, 1.82) is 0 Å². The molecule has 29 heavy (non-hydrogen) atoms. The van der Waals surface area contributed by atoms with Crippen LogP contribution in [0.3, 0.4) is 0 Å². The SMILES string of the molecule is COc1ccc(C2CCCN2C(=O)Nc2ccc(N3CCCCC3)c(Cl)c2)cc1. The van der Waals surface area contributed by atoms with Crippen LogP contribution in [0.25, 0.3) is 0 Å². The molecule has 0 aromatic heterocycles. The Kier molecular flexibility index (Phi) is 6.14. The highest BCUT2D eigenvalue weighted by Gasteiger charge is 2.30. The third-order valence-electron chi connectivity index (χ3n) is 5.91. The summed E-state index contributed by atoms with van der Waals surface area (Å²) in [5, 5.41) is 3.73. The Morgan fingerprint density at radius 2 is 1.79 bits per heavy atom. The van der Waals surface area contributed by atoms with Crippen molar-refractivity contribution in [2.45, 2.75) is 38.1 Å². The summed E-state index contributed by atoms with van der Waals surface area (Å²) in [7, 11) is 1.66. The Morgan fingerprint density at radius 3 is 2.48 bits per heavy atom. The first-order valence-corrected chi connectivity index (χ1v) is 10.8. The molecule has 5 nitrogen and oxygen atoms in total. The van der Waals surface area contributed by atoms with Crippen molar-refractivity contribution in [3.8, 4) is 5.75 Å². The third-order valence-corrected chi connectivity index (χ3v) is 6.21. The molecule has 2 amide bonds. The normalized spacial score (nSPS) is 19.3. The standard InChI is InChI=1S/C23H28ClN3O2/c1-29-19-10-7-17(8-11-19)21-6-5-15-27(21)23(28)25-18-9-12-22(20(24)16-18)26-13-3-2-4-14-26/h7-12,16,21H,2-6,13-15H2,1H3,(H,25,28). The first kappa shape index (κ1) is 19.9. The number of halogens is 1. The first-order valence-electron chi connectivity index (χ1n) is 10.4. The van der Waals surface area contributed by atoms with E-state index in [-0.39, 0.29) is 12.1 Å². The number of nitrogens with zero attached hydrogens (tertiary/aromatic N) is 2. The van der Waals surface area contributed by atoms with Crippen molar-refractivity contribution in [1.82, 2.24) is 4.90 Å². The van der Waals surface area contributed by atoms with E-state index in [9.17, 15) is 4.79 Å². The van der Waals surface area contributed by atoms with Gasteiger partial charge in [-0.2, -0.15) is 0 Å². The highest BCUT2D eigenvalue weighted by Crippen LogP contribution is 2.34. The average Bonchev–Trinajstić information content (AvgIpc) is 3.25. The molecule has 0 radical (unpaired) electrons. The molecule has 2 saturated heterocycles. The fourth-order valence-corrected chi connectivity index (χ4v) is 4.65. The molecular formula is C23H28ClN3O2. The molecule has 1 N–H and O–H groups in total. The predicted molar refractivity (Wildman–Crippen MR) is 118 cm³/mol. The molecular weight excluding hydrogens is 386 g/mol. The lowest BCUT2D eigenvalue weighted by Gasteiger charge is -2.30. The number of carbonyl (C=O) groups is 1.